The topological polar surface area (TPSA) is 77.8 Å². The van der Waals surface area contributed by atoms with E-state index in [1.165, 1.54) is 6.92 Å². The summed E-state index contributed by atoms with van der Waals surface area (Å²) in [6.45, 7) is 1.19. The minimum atomic E-state index is -3.49. The SMILES string of the molecule is CCP(=O)(O)N(CCCl)CC(=O)O. The lowest BCUT2D eigenvalue weighted by Crippen LogP contribution is -2.29. The highest BCUT2D eigenvalue weighted by molar-refractivity contribution is 7.55. The maximum absolute atomic E-state index is 11.4. The highest BCUT2D eigenvalue weighted by Gasteiger charge is 2.26. The van der Waals surface area contributed by atoms with Crippen molar-refractivity contribution in [3.8, 4) is 0 Å². The van der Waals surface area contributed by atoms with Crippen molar-refractivity contribution < 1.29 is 19.4 Å². The summed E-state index contributed by atoms with van der Waals surface area (Å²) in [6, 6.07) is 0. The molecule has 0 aliphatic carbocycles. The maximum atomic E-state index is 11.4. The van der Waals surface area contributed by atoms with Crippen LogP contribution in [0.15, 0.2) is 0 Å². The Bertz CT molecular complexity index is 223. The van der Waals surface area contributed by atoms with Gasteiger partial charge in [0.25, 0.3) is 7.52 Å². The molecule has 0 saturated carbocycles. The summed E-state index contributed by atoms with van der Waals surface area (Å²) in [5.74, 6) is -0.995. The van der Waals surface area contributed by atoms with Crippen LogP contribution in [0.4, 0.5) is 0 Å². The lowest BCUT2D eigenvalue weighted by molar-refractivity contribution is -0.137. The summed E-state index contributed by atoms with van der Waals surface area (Å²) in [5, 5.41) is 8.45. The maximum Gasteiger partial charge on any atom is 0.318 e. The zero-order chi connectivity index (χ0) is 10.5. The van der Waals surface area contributed by atoms with Gasteiger partial charge in [-0.25, -0.2) is 4.67 Å². The summed E-state index contributed by atoms with van der Waals surface area (Å²) < 4.78 is 12.4. The summed E-state index contributed by atoms with van der Waals surface area (Å²) >= 11 is 5.38. The molecule has 2 N–H and O–H groups in total. The quantitative estimate of drug-likeness (QED) is 0.521. The van der Waals surface area contributed by atoms with Crippen LogP contribution in [0.2, 0.25) is 0 Å². The molecule has 0 aliphatic rings. The van der Waals surface area contributed by atoms with E-state index < -0.39 is 20.0 Å². The Morgan fingerprint density at radius 1 is 1.62 bits per heavy atom. The van der Waals surface area contributed by atoms with Crippen molar-refractivity contribution in [2.45, 2.75) is 6.92 Å². The van der Waals surface area contributed by atoms with E-state index in [0.29, 0.717) is 0 Å². The Labute approximate surface area is 81.8 Å². The first-order valence-corrected chi connectivity index (χ1v) is 6.12. The van der Waals surface area contributed by atoms with Gasteiger partial charge >= 0.3 is 5.97 Å². The van der Waals surface area contributed by atoms with Crippen LogP contribution >= 0.6 is 19.1 Å². The minimum Gasteiger partial charge on any atom is -0.480 e. The van der Waals surface area contributed by atoms with Gasteiger partial charge < -0.3 is 10.00 Å². The second-order valence-corrected chi connectivity index (χ2v) is 5.36. The molecule has 1 unspecified atom stereocenters. The van der Waals surface area contributed by atoms with Crippen molar-refractivity contribution in [1.29, 1.82) is 0 Å². The Kier molecular flexibility index (Phi) is 5.56. The molecule has 7 heteroatoms. The molecule has 0 aromatic rings. The van der Waals surface area contributed by atoms with Gasteiger partial charge in [0.2, 0.25) is 0 Å². The minimum absolute atomic E-state index is 0.0250. The number of carboxylic acid groups (broad SMARTS) is 1. The number of rotatable bonds is 6. The van der Waals surface area contributed by atoms with Crippen LogP contribution in [0.25, 0.3) is 0 Å². The zero-order valence-electron chi connectivity index (χ0n) is 7.31. The average Bonchev–Trinajstić information content (AvgIpc) is 2.03. The van der Waals surface area contributed by atoms with Crippen molar-refractivity contribution >= 4 is 25.1 Å². The summed E-state index contributed by atoms with van der Waals surface area (Å²) in [5.41, 5.74) is 0. The molecule has 5 nitrogen and oxygen atoms in total. The third-order valence-electron chi connectivity index (χ3n) is 1.51. The molecule has 0 heterocycles. The molecule has 0 spiro atoms. The second kappa shape index (κ2) is 5.60. The predicted molar refractivity (Wildman–Crippen MR) is 50.3 cm³/mol. The number of aliphatic carboxylic acids is 1. The Morgan fingerprint density at radius 3 is 2.46 bits per heavy atom. The van der Waals surface area contributed by atoms with E-state index in [2.05, 4.69) is 0 Å². The van der Waals surface area contributed by atoms with Crippen LogP contribution in [-0.4, -0.2) is 45.8 Å². The third kappa shape index (κ3) is 4.62. The Balaban J connectivity index is 4.40. The van der Waals surface area contributed by atoms with Crippen LogP contribution in [-0.2, 0) is 9.36 Å². The van der Waals surface area contributed by atoms with Gasteiger partial charge in [-0.05, 0) is 0 Å². The van der Waals surface area contributed by atoms with Crippen molar-refractivity contribution in [3.05, 3.63) is 0 Å². The smallest absolute Gasteiger partial charge is 0.318 e. The number of nitrogens with zero attached hydrogens (tertiary/aromatic N) is 1. The van der Waals surface area contributed by atoms with Gasteiger partial charge in [0, 0.05) is 18.6 Å². The van der Waals surface area contributed by atoms with Gasteiger partial charge in [0.1, 0.15) is 6.54 Å². The van der Waals surface area contributed by atoms with E-state index in [0.717, 1.165) is 4.67 Å². The fraction of sp³-hybridized carbons (Fsp3) is 0.833. The molecule has 13 heavy (non-hydrogen) atoms. The molecule has 0 aromatic heterocycles. The van der Waals surface area contributed by atoms with E-state index in [1.807, 2.05) is 0 Å². The first kappa shape index (κ1) is 12.9. The number of alkyl halides is 1. The monoisotopic (exact) mass is 229 g/mol. The molecule has 0 fully saturated rings. The first-order valence-electron chi connectivity index (χ1n) is 3.79. The van der Waals surface area contributed by atoms with Crippen molar-refractivity contribution in [3.63, 3.8) is 0 Å². The number of hydrogen-bond acceptors (Lipinski definition) is 2. The van der Waals surface area contributed by atoms with Crippen LogP contribution < -0.4 is 0 Å². The van der Waals surface area contributed by atoms with Crippen molar-refractivity contribution in [2.75, 3.05) is 25.1 Å². The Morgan fingerprint density at radius 2 is 2.15 bits per heavy atom. The van der Waals surface area contributed by atoms with Crippen LogP contribution in [0, 0.1) is 0 Å². The van der Waals surface area contributed by atoms with Gasteiger partial charge in [0.15, 0.2) is 0 Å². The molecular formula is C6H13ClNO4P. The molecule has 0 rings (SSSR count). The lowest BCUT2D eigenvalue weighted by atomic mass is 10.6. The summed E-state index contributed by atoms with van der Waals surface area (Å²) in [4.78, 5) is 19.7. The van der Waals surface area contributed by atoms with Crippen molar-refractivity contribution in [2.24, 2.45) is 0 Å². The molecule has 0 bridgehead atoms. The standard InChI is InChI=1S/C6H13ClNO4P/c1-2-13(11,12)8(4-3-7)5-6(9)10/h2-5H2,1H3,(H,9,10)(H,11,12). The van der Waals surface area contributed by atoms with E-state index in [-0.39, 0.29) is 18.6 Å². The van der Waals surface area contributed by atoms with Gasteiger partial charge in [-0.3, -0.25) is 9.36 Å². The number of carboxylic acids is 1. The van der Waals surface area contributed by atoms with Crippen molar-refractivity contribution in [1.82, 2.24) is 4.67 Å². The molecule has 1 atom stereocenters. The highest BCUT2D eigenvalue weighted by atomic mass is 35.5. The number of hydrogen-bond donors (Lipinski definition) is 2. The molecule has 78 valence electrons. The number of halogens is 1. The molecule has 0 radical (unpaired) electrons. The van der Waals surface area contributed by atoms with E-state index in [1.54, 1.807) is 0 Å². The molecular weight excluding hydrogens is 216 g/mol. The van der Waals surface area contributed by atoms with Gasteiger partial charge in [-0.2, -0.15) is 0 Å². The fourth-order valence-electron chi connectivity index (χ4n) is 0.799. The molecule has 0 aromatic carbocycles. The summed E-state index contributed by atoms with van der Waals surface area (Å²) in [7, 11) is -3.49. The van der Waals surface area contributed by atoms with Crippen LogP contribution in [0.3, 0.4) is 0 Å². The number of carbonyl (C=O) groups is 1. The predicted octanol–water partition coefficient (Wildman–Crippen LogP) is 0.817. The first-order chi connectivity index (χ1) is 5.94. The largest absolute Gasteiger partial charge is 0.480 e. The average molecular weight is 230 g/mol. The van der Waals surface area contributed by atoms with E-state index in [4.69, 9.17) is 16.7 Å². The molecule has 0 saturated heterocycles. The zero-order valence-corrected chi connectivity index (χ0v) is 8.96. The van der Waals surface area contributed by atoms with Gasteiger partial charge in [-0.15, -0.1) is 11.6 Å². The Hall–Kier alpha value is -0.0900. The van der Waals surface area contributed by atoms with Crippen LogP contribution in [0.1, 0.15) is 6.92 Å². The highest BCUT2D eigenvalue weighted by Crippen LogP contribution is 2.43. The van der Waals surface area contributed by atoms with Crippen LogP contribution in [0.5, 0.6) is 0 Å². The molecule has 0 amide bonds. The van der Waals surface area contributed by atoms with E-state index in [9.17, 15) is 14.3 Å². The summed E-state index contributed by atoms with van der Waals surface area (Å²) in [6.07, 6.45) is 0.0250. The third-order valence-corrected chi connectivity index (χ3v) is 3.73. The van der Waals surface area contributed by atoms with Gasteiger partial charge in [0.05, 0.1) is 0 Å². The normalized spacial score (nSPS) is 15.7. The molecule has 0 aliphatic heterocycles. The lowest BCUT2D eigenvalue weighted by Gasteiger charge is -2.23. The fourth-order valence-corrected chi connectivity index (χ4v) is 2.28. The second-order valence-electron chi connectivity index (χ2n) is 2.45. The van der Waals surface area contributed by atoms with Gasteiger partial charge in [-0.1, -0.05) is 6.92 Å². The van der Waals surface area contributed by atoms with E-state index >= 15 is 0 Å².